The Morgan fingerprint density at radius 2 is 1.90 bits per heavy atom. The van der Waals surface area contributed by atoms with E-state index in [1.165, 1.54) is 5.56 Å². The van der Waals surface area contributed by atoms with Crippen LogP contribution in [0.2, 0.25) is 0 Å². The summed E-state index contributed by atoms with van der Waals surface area (Å²) in [4.78, 5) is 5.30. The summed E-state index contributed by atoms with van der Waals surface area (Å²) >= 11 is 0. The highest BCUT2D eigenvalue weighted by Gasteiger charge is 2.12. The normalized spacial score (nSPS) is 11.1. The number of para-hydroxylation sites is 1. The molecule has 0 unspecified atom stereocenters. The SMILES string of the molecule is Oc1ccccc1CN(Cc1cc[nH]c1)Cc1ccco1. The van der Waals surface area contributed by atoms with Gasteiger partial charge in [0.25, 0.3) is 0 Å². The Labute approximate surface area is 123 Å². The Bertz CT molecular complexity index is 624. The Hall–Kier alpha value is -2.46. The molecule has 0 atom stereocenters. The van der Waals surface area contributed by atoms with Gasteiger partial charge in [0.05, 0.1) is 12.8 Å². The highest BCUT2D eigenvalue weighted by atomic mass is 16.3. The first-order valence-corrected chi connectivity index (χ1v) is 6.94. The van der Waals surface area contributed by atoms with E-state index in [-0.39, 0.29) is 0 Å². The summed E-state index contributed by atoms with van der Waals surface area (Å²) in [6.07, 6.45) is 5.59. The highest BCUT2D eigenvalue weighted by Crippen LogP contribution is 2.20. The van der Waals surface area contributed by atoms with Gasteiger partial charge in [-0.15, -0.1) is 0 Å². The molecule has 0 spiro atoms. The van der Waals surface area contributed by atoms with Crippen molar-refractivity contribution in [3.05, 3.63) is 78.0 Å². The minimum Gasteiger partial charge on any atom is -0.508 e. The van der Waals surface area contributed by atoms with E-state index >= 15 is 0 Å². The van der Waals surface area contributed by atoms with Crippen molar-refractivity contribution in [2.45, 2.75) is 19.6 Å². The van der Waals surface area contributed by atoms with Crippen molar-refractivity contribution in [2.75, 3.05) is 0 Å². The summed E-state index contributed by atoms with van der Waals surface area (Å²) in [6, 6.07) is 13.4. The van der Waals surface area contributed by atoms with Crippen molar-refractivity contribution in [1.29, 1.82) is 0 Å². The molecule has 0 saturated carbocycles. The van der Waals surface area contributed by atoms with Crippen LogP contribution in [0.4, 0.5) is 0 Å². The lowest BCUT2D eigenvalue weighted by atomic mass is 10.1. The predicted molar refractivity (Wildman–Crippen MR) is 80.6 cm³/mol. The molecule has 0 aliphatic rings. The van der Waals surface area contributed by atoms with Gasteiger partial charge in [-0.2, -0.15) is 0 Å². The van der Waals surface area contributed by atoms with E-state index in [0.29, 0.717) is 18.8 Å². The topological polar surface area (TPSA) is 52.4 Å². The van der Waals surface area contributed by atoms with E-state index in [9.17, 15) is 5.11 Å². The highest BCUT2D eigenvalue weighted by molar-refractivity contribution is 5.31. The molecule has 3 rings (SSSR count). The molecule has 2 heterocycles. The monoisotopic (exact) mass is 282 g/mol. The fraction of sp³-hybridized carbons (Fsp3) is 0.176. The van der Waals surface area contributed by atoms with Gasteiger partial charge < -0.3 is 14.5 Å². The summed E-state index contributed by atoms with van der Waals surface area (Å²) in [6.45, 7) is 2.16. The Morgan fingerprint density at radius 1 is 1.00 bits per heavy atom. The van der Waals surface area contributed by atoms with Crippen molar-refractivity contribution in [1.82, 2.24) is 9.88 Å². The number of phenols is 1. The number of aromatic amines is 1. The maximum absolute atomic E-state index is 9.96. The quantitative estimate of drug-likeness (QED) is 0.727. The third kappa shape index (κ3) is 3.55. The summed E-state index contributed by atoms with van der Waals surface area (Å²) in [5.74, 6) is 1.25. The van der Waals surface area contributed by atoms with Crippen LogP contribution in [0.25, 0.3) is 0 Å². The van der Waals surface area contributed by atoms with Crippen molar-refractivity contribution in [2.24, 2.45) is 0 Å². The molecular weight excluding hydrogens is 264 g/mol. The molecule has 108 valence electrons. The molecule has 0 amide bonds. The zero-order chi connectivity index (χ0) is 14.5. The minimum absolute atomic E-state index is 0.330. The fourth-order valence-electron chi connectivity index (χ4n) is 2.39. The number of hydrogen-bond acceptors (Lipinski definition) is 3. The maximum Gasteiger partial charge on any atom is 0.120 e. The van der Waals surface area contributed by atoms with Crippen LogP contribution in [0.1, 0.15) is 16.9 Å². The molecule has 1 aromatic carbocycles. The molecule has 3 aromatic rings. The molecule has 0 radical (unpaired) electrons. The molecule has 2 N–H and O–H groups in total. The number of hydrogen-bond donors (Lipinski definition) is 2. The van der Waals surface area contributed by atoms with E-state index in [1.807, 2.05) is 42.7 Å². The molecule has 21 heavy (non-hydrogen) atoms. The number of phenolic OH excluding ortho intramolecular Hbond substituents is 1. The number of aromatic hydroxyl groups is 1. The van der Waals surface area contributed by atoms with Crippen LogP contribution < -0.4 is 0 Å². The van der Waals surface area contributed by atoms with Gasteiger partial charge in [-0.3, -0.25) is 4.90 Å². The molecule has 0 aliphatic carbocycles. The number of benzene rings is 1. The van der Waals surface area contributed by atoms with Gasteiger partial charge in [0, 0.05) is 31.0 Å². The van der Waals surface area contributed by atoms with Gasteiger partial charge in [0.1, 0.15) is 11.5 Å². The lowest BCUT2D eigenvalue weighted by Gasteiger charge is -2.21. The zero-order valence-electron chi connectivity index (χ0n) is 11.7. The van der Waals surface area contributed by atoms with Crippen LogP contribution in [-0.2, 0) is 19.6 Å². The second-order valence-corrected chi connectivity index (χ2v) is 5.07. The fourth-order valence-corrected chi connectivity index (χ4v) is 2.39. The maximum atomic E-state index is 9.96. The van der Waals surface area contributed by atoms with Gasteiger partial charge in [-0.05, 0) is 29.8 Å². The lowest BCUT2D eigenvalue weighted by Crippen LogP contribution is -2.22. The number of nitrogens with zero attached hydrogens (tertiary/aromatic N) is 1. The van der Waals surface area contributed by atoms with Crippen LogP contribution in [0.5, 0.6) is 5.75 Å². The first-order valence-electron chi connectivity index (χ1n) is 6.94. The third-order valence-electron chi connectivity index (χ3n) is 3.41. The van der Waals surface area contributed by atoms with E-state index in [4.69, 9.17) is 4.42 Å². The van der Waals surface area contributed by atoms with Crippen LogP contribution in [0.3, 0.4) is 0 Å². The standard InChI is InChI=1S/C17H18N2O2/c20-17-6-2-1-4-15(17)12-19(11-14-7-8-18-10-14)13-16-5-3-9-21-16/h1-10,18,20H,11-13H2. The van der Waals surface area contributed by atoms with Crippen LogP contribution in [0, 0.1) is 0 Å². The summed E-state index contributed by atoms with van der Waals surface area (Å²) in [5.41, 5.74) is 2.12. The summed E-state index contributed by atoms with van der Waals surface area (Å²) in [5, 5.41) is 9.96. The smallest absolute Gasteiger partial charge is 0.120 e. The number of rotatable bonds is 6. The van der Waals surface area contributed by atoms with Crippen molar-refractivity contribution in [3.8, 4) is 5.75 Å². The third-order valence-corrected chi connectivity index (χ3v) is 3.41. The van der Waals surface area contributed by atoms with Crippen molar-refractivity contribution in [3.63, 3.8) is 0 Å². The average Bonchev–Trinajstić information content (AvgIpc) is 3.15. The Balaban J connectivity index is 1.76. The van der Waals surface area contributed by atoms with Crippen LogP contribution in [0.15, 0.2) is 65.5 Å². The molecule has 0 saturated heterocycles. The average molecular weight is 282 g/mol. The zero-order valence-corrected chi connectivity index (χ0v) is 11.7. The number of H-pyrrole nitrogens is 1. The Morgan fingerprint density at radius 3 is 2.62 bits per heavy atom. The molecular formula is C17H18N2O2. The van der Waals surface area contributed by atoms with Gasteiger partial charge in [-0.25, -0.2) is 0 Å². The van der Waals surface area contributed by atoms with Crippen molar-refractivity contribution < 1.29 is 9.52 Å². The first-order chi connectivity index (χ1) is 10.3. The van der Waals surface area contributed by atoms with E-state index < -0.39 is 0 Å². The van der Waals surface area contributed by atoms with Gasteiger partial charge in [-0.1, -0.05) is 18.2 Å². The summed E-state index contributed by atoms with van der Waals surface area (Å²) < 4.78 is 5.44. The van der Waals surface area contributed by atoms with Gasteiger partial charge >= 0.3 is 0 Å². The number of nitrogens with one attached hydrogen (secondary N) is 1. The molecule has 4 heteroatoms. The second-order valence-electron chi connectivity index (χ2n) is 5.07. The van der Waals surface area contributed by atoms with Gasteiger partial charge in [0.2, 0.25) is 0 Å². The molecule has 0 fully saturated rings. The van der Waals surface area contributed by atoms with E-state index in [1.54, 1.807) is 12.3 Å². The molecule has 0 bridgehead atoms. The Kier molecular flexibility index (Phi) is 4.07. The van der Waals surface area contributed by atoms with Crippen molar-refractivity contribution >= 4 is 0 Å². The van der Waals surface area contributed by atoms with Crippen LogP contribution in [-0.4, -0.2) is 15.0 Å². The minimum atomic E-state index is 0.330. The van der Waals surface area contributed by atoms with E-state index in [2.05, 4.69) is 16.0 Å². The largest absolute Gasteiger partial charge is 0.508 e. The van der Waals surface area contributed by atoms with Gasteiger partial charge in [0.15, 0.2) is 0 Å². The number of aromatic nitrogens is 1. The van der Waals surface area contributed by atoms with E-state index in [0.717, 1.165) is 17.9 Å². The second kappa shape index (κ2) is 6.33. The lowest BCUT2D eigenvalue weighted by molar-refractivity contribution is 0.224. The molecule has 4 nitrogen and oxygen atoms in total. The van der Waals surface area contributed by atoms with Crippen LogP contribution >= 0.6 is 0 Å². The summed E-state index contributed by atoms with van der Waals surface area (Å²) in [7, 11) is 0. The first kappa shape index (κ1) is 13.5. The number of furan rings is 1. The molecule has 0 aliphatic heterocycles. The molecule has 2 aromatic heterocycles. The predicted octanol–water partition coefficient (Wildman–Crippen LogP) is 3.52.